The summed E-state index contributed by atoms with van der Waals surface area (Å²) >= 11 is 0. The van der Waals surface area contributed by atoms with Crippen LogP contribution in [0.4, 0.5) is 5.69 Å². The lowest BCUT2D eigenvalue weighted by Gasteiger charge is -2.06. The van der Waals surface area contributed by atoms with Gasteiger partial charge in [0, 0.05) is 25.5 Å². The lowest BCUT2D eigenvalue weighted by atomic mass is 10.3. The Kier molecular flexibility index (Phi) is 4.93. The number of hydrogen-bond acceptors (Lipinski definition) is 4. The maximum absolute atomic E-state index is 11.6. The van der Waals surface area contributed by atoms with E-state index in [1.807, 2.05) is 6.92 Å². The Bertz CT molecular complexity index is 406. The predicted molar refractivity (Wildman–Crippen MR) is 64.8 cm³/mol. The third-order valence-electron chi connectivity index (χ3n) is 2.06. The highest BCUT2D eigenvalue weighted by molar-refractivity contribution is 5.95. The molecule has 1 rings (SSSR count). The molecule has 0 saturated carbocycles. The van der Waals surface area contributed by atoms with Crippen molar-refractivity contribution in [3.05, 3.63) is 24.0 Å². The molecule has 3 N–H and O–H groups in total. The molecule has 0 saturated heterocycles. The van der Waals surface area contributed by atoms with Gasteiger partial charge in [-0.3, -0.25) is 14.6 Å². The molecule has 0 aromatic carbocycles. The number of nitrogens with zero attached hydrogens (tertiary/aromatic N) is 1. The normalized spacial score (nSPS) is 9.53. The van der Waals surface area contributed by atoms with E-state index in [1.54, 1.807) is 18.3 Å². The van der Waals surface area contributed by atoms with E-state index < -0.39 is 0 Å². The van der Waals surface area contributed by atoms with Gasteiger partial charge in [-0.2, -0.15) is 0 Å². The van der Waals surface area contributed by atoms with Crippen molar-refractivity contribution >= 4 is 17.5 Å². The second-order valence-corrected chi connectivity index (χ2v) is 3.32. The Morgan fingerprint density at radius 3 is 2.82 bits per heavy atom. The number of rotatable bonds is 5. The molecule has 6 heteroatoms. The van der Waals surface area contributed by atoms with Crippen LogP contribution in [-0.4, -0.2) is 36.9 Å². The first-order valence-electron chi connectivity index (χ1n) is 5.36. The van der Waals surface area contributed by atoms with Crippen molar-refractivity contribution < 1.29 is 9.59 Å². The van der Waals surface area contributed by atoms with Crippen molar-refractivity contribution in [2.24, 2.45) is 0 Å². The number of anilines is 1. The zero-order valence-electron chi connectivity index (χ0n) is 9.91. The van der Waals surface area contributed by atoms with Gasteiger partial charge in [-0.1, -0.05) is 0 Å². The minimum Gasteiger partial charge on any atom is -0.385 e. The first-order chi connectivity index (χ1) is 8.17. The van der Waals surface area contributed by atoms with E-state index in [-0.39, 0.29) is 24.1 Å². The summed E-state index contributed by atoms with van der Waals surface area (Å²) in [7, 11) is 1.51. The second-order valence-electron chi connectivity index (χ2n) is 3.32. The molecule has 0 spiro atoms. The first-order valence-corrected chi connectivity index (χ1v) is 5.36. The summed E-state index contributed by atoms with van der Waals surface area (Å²) in [6.45, 7) is 2.68. The average molecular weight is 236 g/mol. The van der Waals surface area contributed by atoms with Crippen LogP contribution in [0.1, 0.15) is 17.4 Å². The van der Waals surface area contributed by atoms with Crippen molar-refractivity contribution in [2.75, 3.05) is 25.5 Å². The summed E-state index contributed by atoms with van der Waals surface area (Å²) in [5.41, 5.74) is 1.11. The maximum atomic E-state index is 11.6. The molecular formula is C11H16N4O2. The number of carbonyl (C=O) groups is 2. The molecular weight excluding hydrogens is 220 g/mol. The topological polar surface area (TPSA) is 83.1 Å². The van der Waals surface area contributed by atoms with Crippen LogP contribution >= 0.6 is 0 Å². The summed E-state index contributed by atoms with van der Waals surface area (Å²) < 4.78 is 0. The zero-order valence-corrected chi connectivity index (χ0v) is 9.91. The fourth-order valence-electron chi connectivity index (χ4n) is 1.21. The highest BCUT2D eigenvalue weighted by Gasteiger charge is 2.08. The minimum absolute atomic E-state index is 0.0531. The SMILES string of the molecule is CCNc1ccnc(C(=O)NCC(=O)NC)c1. The maximum Gasteiger partial charge on any atom is 0.270 e. The Morgan fingerprint density at radius 2 is 2.18 bits per heavy atom. The quantitative estimate of drug-likeness (QED) is 0.671. The lowest BCUT2D eigenvalue weighted by molar-refractivity contribution is -0.119. The van der Waals surface area contributed by atoms with Gasteiger partial charge in [0.15, 0.2) is 0 Å². The van der Waals surface area contributed by atoms with Gasteiger partial charge in [0.05, 0.1) is 6.54 Å². The number of nitrogens with one attached hydrogen (secondary N) is 3. The van der Waals surface area contributed by atoms with E-state index in [2.05, 4.69) is 20.9 Å². The van der Waals surface area contributed by atoms with Gasteiger partial charge in [0.25, 0.3) is 5.91 Å². The Labute approximate surface area is 99.8 Å². The molecule has 17 heavy (non-hydrogen) atoms. The lowest BCUT2D eigenvalue weighted by Crippen LogP contribution is -2.35. The number of likely N-dealkylation sites (N-methyl/N-ethyl adjacent to an activating group) is 1. The molecule has 0 bridgehead atoms. The van der Waals surface area contributed by atoms with Gasteiger partial charge in [0.1, 0.15) is 5.69 Å². The molecule has 0 atom stereocenters. The van der Waals surface area contributed by atoms with Crippen molar-refractivity contribution in [3.8, 4) is 0 Å². The molecule has 0 aliphatic carbocycles. The zero-order chi connectivity index (χ0) is 12.7. The fourth-order valence-corrected chi connectivity index (χ4v) is 1.21. The molecule has 0 aliphatic heterocycles. The van der Waals surface area contributed by atoms with Crippen molar-refractivity contribution in [1.29, 1.82) is 0 Å². The highest BCUT2D eigenvalue weighted by atomic mass is 16.2. The molecule has 1 heterocycles. The molecule has 0 unspecified atom stereocenters. The summed E-state index contributed by atoms with van der Waals surface area (Å²) in [6.07, 6.45) is 1.55. The Morgan fingerprint density at radius 1 is 1.41 bits per heavy atom. The molecule has 1 aromatic rings. The van der Waals surface area contributed by atoms with E-state index in [0.29, 0.717) is 0 Å². The van der Waals surface area contributed by atoms with E-state index in [0.717, 1.165) is 12.2 Å². The van der Waals surface area contributed by atoms with Crippen molar-refractivity contribution in [2.45, 2.75) is 6.92 Å². The highest BCUT2D eigenvalue weighted by Crippen LogP contribution is 2.07. The molecule has 0 fully saturated rings. The fraction of sp³-hybridized carbons (Fsp3) is 0.364. The van der Waals surface area contributed by atoms with E-state index >= 15 is 0 Å². The molecule has 0 aliphatic rings. The summed E-state index contributed by atoms with van der Waals surface area (Å²) in [5.74, 6) is -0.616. The van der Waals surface area contributed by atoms with Gasteiger partial charge < -0.3 is 16.0 Å². The van der Waals surface area contributed by atoms with E-state index in [1.165, 1.54) is 7.05 Å². The van der Waals surface area contributed by atoms with Gasteiger partial charge in [0.2, 0.25) is 5.91 Å². The summed E-state index contributed by atoms with van der Waals surface area (Å²) in [6, 6.07) is 3.42. The third kappa shape index (κ3) is 4.10. The number of hydrogen-bond donors (Lipinski definition) is 3. The number of amides is 2. The molecule has 6 nitrogen and oxygen atoms in total. The number of aromatic nitrogens is 1. The Balaban J connectivity index is 2.62. The van der Waals surface area contributed by atoms with Crippen LogP contribution in [0.2, 0.25) is 0 Å². The van der Waals surface area contributed by atoms with E-state index in [4.69, 9.17) is 0 Å². The second kappa shape index (κ2) is 6.47. The third-order valence-corrected chi connectivity index (χ3v) is 2.06. The largest absolute Gasteiger partial charge is 0.385 e. The van der Waals surface area contributed by atoms with Crippen LogP contribution in [0.3, 0.4) is 0 Å². The summed E-state index contributed by atoms with van der Waals surface area (Å²) in [5, 5.41) is 7.97. The van der Waals surface area contributed by atoms with Crippen LogP contribution in [0.15, 0.2) is 18.3 Å². The van der Waals surface area contributed by atoms with Crippen molar-refractivity contribution in [3.63, 3.8) is 0 Å². The van der Waals surface area contributed by atoms with Gasteiger partial charge >= 0.3 is 0 Å². The van der Waals surface area contributed by atoms with E-state index in [9.17, 15) is 9.59 Å². The van der Waals surface area contributed by atoms with Crippen LogP contribution in [0.5, 0.6) is 0 Å². The number of carbonyl (C=O) groups excluding carboxylic acids is 2. The monoisotopic (exact) mass is 236 g/mol. The van der Waals surface area contributed by atoms with Crippen LogP contribution < -0.4 is 16.0 Å². The van der Waals surface area contributed by atoms with Gasteiger partial charge in [-0.15, -0.1) is 0 Å². The standard InChI is InChI=1S/C11H16N4O2/c1-3-13-8-4-5-14-9(6-8)11(17)15-7-10(16)12-2/h4-6H,3,7H2,1-2H3,(H,12,16)(H,13,14)(H,15,17). The van der Waals surface area contributed by atoms with Crippen molar-refractivity contribution in [1.82, 2.24) is 15.6 Å². The molecule has 1 aromatic heterocycles. The van der Waals surface area contributed by atoms with Crippen LogP contribution in [0.25, 0.3) is 0 Å². The predicted octanol–water partition coefficient (Wildman–Crippen LogP) is -0.0108. The smallest absolute Gasteiger partial charge is 0.270 e. The number of pyridine rings is 1. The Hall–Kier alpha value is -2.11. The molecule has 92 valence electrons. The van der Waals surface area contributed by atoms with Gasteiger partial charge in [-0.05, 0) is 19.1 Å². The minimum atomic E-state index is -0.367. The summed E-state index contributed by atoms with van der Waals surface area (Å²) in [4.78, 5) is 26.5. The molecule has 0 radical (unpaired) electrons. The molecule has 2 amide bonds. The van der Waals surface area contributed by atoms with Gasteiger partial charge in [-0.25, -0.2) is 0 Å². The van der Waals surface area contributed by atoms with Crippen LogP contribution in [0, 0.1) is 0 Å². The average Bonchev–Trinajstić information content (AvgIpc) is 2.36. The van der Waals surface area contributed by atoms with Crippen LogP contribution in [-0.2, 0) is 4.79 Å². The first kappa shape index (κ1) is 13.0.